The summed E-state index contributed by atoms with van der Waals surface area (Å²) in [5.41, 5.74) is 3.06. The zero-order valence-electron chi connectivity index (χ0n) is 10.6. The minimum absolute atomic E-state index is 0.0990. The summed E-state index contributed by atoms with van der Waals surface area (Å²) in [6.45, 7) is 3.90. The van der Waals surface area contributed by atoms with Crippen LogP contribution in [-0.2, 0) is 0 Å². The van der Waals surface area contributed by atoms with E-state index in [1.807, 2.05) is 32.0 Å². The Labute approximate surface area is 116 Å². The van der Waals surface area contributed by atoms with Crippen LogP contribution >= 0.6 is 11.6 Å². The fraction of sp³-hybridized carbons (Fsp3) is 0.133. The lowest BCUT2D eigenvalue weighted by Crippen LogP contribution is -2.12. The van der Waals surface area contributed by atoms with Crippen molar-refractivity contribution in [3.8, 4) is 0 Å². The first-order valence-corrected chi connectivity index (χ1v) is 6.18. The molecule has 0 aliphatic carbocycles. The number of hydrogen-bond acceptors (Lipinski definition) is 1. The van der Waals surface area contributed by atoms with Crippen molar-refractivity contribution in [3.05, 3.63) is 63.9 Å². The molecule has 0 atom stereocenters. The van der Waals surface area contributed by atoms with Crippen molar-refractivity contribution in [2.75, 3.05) is 5.32 Å². The van der Waals surface area contributed by atoms with Crippen LogP contribution in [0.4, 0.5) is 10.1 Å². The number of amides is 1. The van der Waals surface area contributed by atoms with Gasteiger partial charge in [0.2, 0.25) is 0 Å². The number of benzene rings is 2. The maximum Gasteiger partial charge on any atom is 0.257 e. The Bertz CT molecular complexity index is 620. The van der Waals surface area contributed by atoms with Gasteiger partial charge in [-0.05, 0) is 55.3 Å². The summed E-state index contributed by atoms with van der Waals surface area (Å²) >= 11 is 5.85. The van der Waals surface area contributed by atoms with E-state index in [9.17, 15) is 9.18 Å². The van der Waals surface area contributed by atoms with E-state index < -0.39 is 5.82 Å². The molecule has 0 bridgehead atoms. The molecule has 0 aliphatic rings. The first-order chi connectivity index (χ1) is 8.95. The third kappa shape index (κ3) is 3.32. The second-order valence-electron chi connectivity index (χ2n) is 4.45. The number of aryl methyl sites for hydroxylation is 2. The summed E-state index contributed by atoms with van der Waals surface area (Å²) in [4.78, 5) is 12.1. The zero-order valence-corrected chi connectivity index (χ0v) is 11.4. The maximum absolute atomic E-state index is 12.9. The lowest BCUT2D eigenvalue weighted by Gasteiger charge is -2.08. The molecule has 0 spiro atoms. The molecule has 1 amide bonds. The van der Waals surface area contributed by atoms with Crippen molar-refractivity contribution in [3.63, 3.8) is 0 Å². The predicted octanol–water partition coefficient (Wildman–Crippen LogP) is 4.35. The van der Waals surface area contributed by atoms with E-state index in [4.69, 9.17) is 11.6 Å². The Hall–Kier alpha value is -1.87. The molecular weight excluding hydrogens is 265 g/mol. The smallest absolute Gasteiger partial charge is 0.257 e. The quantitative estimate of drug-likeness (QED) is 0.869. The highest BCUT2D eigenvalue weighted by molar-refractivity contribution is 6.34. The topological polar surface area (TPSA) is 29.1 Å². The van der Waals surface area contributed by atoms with Crippen LogP contribution in [0.5, 0.6) is 0 Å². The van der Waals surface area contributed by atoms with Gasteiger partial charge in [-0.1, -0.05) is 17.7 Å². The molecule has 0 saturated carbocycles. The second kappa shape index (κ2) is 5.41. The minimum Gasteiger partial charge on any atom is -0.322 e. The number of carbonyl (C=O) groups is 1. The van der Waals surface area contributed by atoms with Crippen molar-refractivity contribution >= 4 is 23.2 Å². The normalized spacial score (nSPS) is 10.3. The van der Waals surface area contributed by atoms with Crippen molar-refractivity contribution in [2.45, 2.75) is 13.8 Å². The molecular formula is C15H13ClFNO. The van der Waals surface area contributed by atoms with Gasteiger partial charge in [0.15, 0.2) is 0 Å². The van der Waals surface area contributed by atoms with Gasteiger partial charge in [0.25, 0.3) is 5.91 Å². The Morgan fingerprint density at radius 3 is 2.32 bits per heavy atom. The van der Waals surface area contributed by atoms with Crippen LogP contribution in [-0.4, -0.2) is 5.91 Å². The average Bonchev–Trinajstić information content (AvgIpc) is 2.26. The molecule has 0 aliphatic heterocycles. The Morgan fingerprint density at radius 1 is 1.11 bits per heavy atom. The summed E-state index contributed by atoms with van der Waals surface area (Å²) in [6, 6.07) is 9.45. The van der Waals surface area contributed by atoms with Gasteiger partial charge in [-0.3, -0.25) is 4.79 Å². The van der Waals surface area contributed by atoms with Crippen LogP contribution in [0.15, 0.2) is 36.4 Å². The van der Waals surface area contributed by atoms with Gasteiger partial charge in [0.1, 0.15) is 5.82 Å². The average molecular weight is 278 g/mol. The van der Waals surface area contributed by atoms with Crippen LogP contribution in [0.2, 0.25) is 5.02 Å². The van der Waals surface area contributed by atoms with Gasteiger partial charge < -0.3 is 5.32 Å². The van der Waals surface area contributed by atoms with Crippen molar-refractivity contribution < 1.29 is 9.18 Å². The zero-order chi connectivity index (χ0) is 14.0. The first kappa shape index (κ1) is 13.6. The fourth-order valence-corrected chi connectivity index (χ4v) is 2.17. The van der Waals surface area contributed by atoms with Gasteiger partial charge >= 0.3 is 0 Å². The number of carbonyl (C=O) groups excluding carboxylic acids is 1. The fourth-order valence-electron chi connectivity index (χ4n) is 1.92. The SMILES string of the molecule is Cc1cc(C)cc(NC(=O)c2ccc(F)cc2Cl)c1. The molecule has 0 unspecified atom stereocenters. The van der Waals surface area contributed by atoms with Crippen molar-refractivity contribution in [1.82, 2.24) is 0 Å². The summed E-state index contributed by atoms with van der Waals surface area (Å²) in [6.07, 6.45) is 0. The predicted molar refractivity (Wildman–Crippen MR) is 75.3 cm³/mol. The van der Waals surface area contributed by atoms with E-state index >= 15 is 0 Å². The largest absolute Gasteiger partial charge is 0.322 e. The number of anilines is 1. The molecule has 2 nitrogen and oxygen atoms in total. The third-order valence-corrected chi connectivity index (χ3v) is 2.97. The van der Waals surface area contributed by atoms with Crippen molar-refractivity contribution in [1.29, 1.82) is 0 Å². The van der Waals surface area contributed by atoms with Crippen LogP contribution in [0.25, 0.3) is 0 Å². The minimum atomic E-state index is -0.465. The summed E-state index contributed by atoms with van der Waals surface area (Å²) in [5, 5.41) is 2.85. The molecule has 19 heavy (non-hydrogen) atoms. The standard InChI is InChI=1S/C15H13ClFNO/c1-9-5-10(2)7-12(6-9)18-15(19)13-4-3-11(17)8-14(13)16/h3-8H,1-2H3,(H,18,19). The Kier molecular flexibility index (Phi) is 3.86. The molecule has 0 saturated heterocycles. The number of nitrogens with one attached hydrogen (secondary N) is 1. The molecule has 0 heterocycles. The van der Waals surface area contributed by atoms with E-state index in [1.54, 1.807) is 0 Å². The van der Waals surface area contributed by atoms with Gasteiger partial charge in [-0.15, -0.1) is 0 Å². The molecule has 0 radical (unpaired) electrons. The Morgan fingerprint density at radius 2 is 1.74 bits per heavy atom. The van der Waals surface area contributed by atoms with E-state index in [1.165, 1.54) is 12.1 Å². The lowest BCUT2D eigenvalue weighted by molar-refractivity contribution is 0.102. The van der Waals surface area contributed by atoms with E-state index in [0.717, 1.165) is 17.2 Å². The Balaban J connectivity index is 2.25. The highest BCUT2D eigenvalue weighted by atomic mass is 35.5. The third-order valence-electron chi connectivity index (χ3n) is 2.66. The lowest BCUT2D eigenvalue weighted by atomic mass is 10.1. The van der Waals surface area contributed by atoms with Gasteiger partial charge in [0.05, 0.1) is 10.6 Å². The number of hydrogen-bond donors (Lipinski definition) is 1. The van der Waals surface area contributed by atoms with Gasteiger partial charge in [-0.25, -0.2) is 4.39 Å². The summed E-state index contributed by atoms with van der Waals surface area (Å²) in [5.74, 6) is -0.817. The monoisotopic (exact) mass is 277 g/mol. The highest BCUT2D eigenvalue weighted by Crippen LogP contribution is 2.20. The van der Waals surface area contributed by atoms with Crippen LogP contribution in [0.1, 0.15) is 21.5 Å². The molecule has 2 aromatic rings. The van der Waals surface area contributed by atoms with Crippen LogP contribution in [0.3, 0.4) is 0 Å². The molecule has 0 fully saturated rings. The summed E-state index contributed by atoms with van der Waals surface area (Å²) < 4.78 is 12.9. The molecule has 4 heteroatoms. The molecule has 2 aromatic carbocycles. The molecule has 98 valence electrons. The maximum atomic E-state index is 12.9. The van der Waals surface area contributed by atoms with Crippen LogP contribution in [0, 0.1) is 19.7 Å². The highest BCUT2D eigenvalue weighted by Gasteiger charge is 2.11. The number of halogens is 2. The van der Waals surface area contributed by atoms with E-state index in [0.29, 0.717) is 5.69 Å². The molecule has 0 aromatic heterocycles. The van der Waals surface area contributed by atoms with Gasteiger partial charge in [0, 0.05) is 5.69 Å². The van der Waals surface area contributed by atoms with Crippen LogP contribution < -0.4 is 5.32 Å². The van der Waals surface area contributed by atoms with Crippen molar-refractivity contribution in [2.24, 2.45) is 0 Å². The number of rotatable bonds is 2. The molecule has 1 N–H and O–H groups in total. The van der Waals surface area contributed by atoms with E-state index in [-0.39, 0.29) is 16.5 Å². The first-order valence-electron chi connectivity index (χ1n) is 5.80. The second-order valence-corrected chi connectivity index (χ2v) is 4.86. The summed E-state index contributed by atoms with van der Waals surface area (Å²) in [7, 11) is 0. The van der Waals surface area contributed by atoms with Gasteiger partial charge in [-0.2, -0.15) is 0 Å². The molecule has 2 rings (SSSR count). The van der Waals surface area contributed by atoms with E-state index in [2.05, 4.69) is 5.32 Å².